The molecule has 7 heteroatoms. The number of nitrogens with one attached hydrogen (secondary N) is 1. The van der Waals surface area contributed by atoms with Crippen LogP contribution in [-0.2, 0) is 25.3 Å². The Kier molecular flexibility index (Phi) is 5.48. The molecule has 0 unspecified atom stereocenters. The Morgan fingerprint density at radius 2 is 2.21 bits per heavy atom. The van der Waals surface area contributed by atoms with Gasteiger partial charge in [-0.25, -0.2) is 13.1 Å². The van der Waals surface area contributed by atoms with Gasteiger partial charge in [-0.15, -0.1) is 0 Å². The Hall–Kier alpha value is -1.91. The van der Waals surface area contributed by atoms with Crippen LogP contribution < -0.4 is 4.72 Å². The lowest BCUT2D eigenvalue weighted by molar-refractivity contribution is -0.140. The van der Waals surface area contributed by atoms with Gasteiger partial charge in [0, 0.05) is 6.54 Å². The summed E-state index contributed by atoms with van der Waals surface area (Å²) in [5.41, 5.74) is 0.923. The Labute approximate surface area is 112 Å². The van der Waals surface area contributed by atoms with Crippen molar-refractivity contribution in [1.29, 1.82) is 5.26 Å². The van der Waals surface area contributed by atoms with E-state index >= 15 is 0 Å². The highest BCUT2D eigenvalue weighted by Gasteiger charge is 2.12. The summed E-state index contributed by atoms with van der Waals surface area (Å²) < 4.78 is 30.1. The molecule has 0 radical (unpaired) electrons. The zero-order valence-corrected chi connectivity index (χ0v) is 11.2. The second kappa shape index (κ2) is 6.87. The van der Waals surface area contributed by atoms with Crippen LogP contribution in [0.4, 0.5) is 0 Å². The van der Waals surface area contributed by atoms with E-state index in [-0.39, 0.29) is 18.7 Å². The van der Waals surface area contributed by atoms with Crippen molar-refractivity contribution in [2.24, 2.45) is 0 Å². The van der Waals surface area contributed by atoms with E-state index in [2.05, 4.69) is 9.46 Å². The average molecular weight is 282 g/mol. The number of esters is 1. The van der Waals surface area contributed by atoms with Gasteiger partial charge in [0.1, 0.15) is 0 Å². The van der Waals surface area contributed by atoms with Crippen molar-refractivity contribution in [2.45, 2.75) is 12.2 Å². The molecule has 0 amide bonds. The number of rotatable bonds is 6. The molecule has 0 saturated heterocycles. The summed E-state index contributed by atoms with van der Waals surface area (Å²) in [5.74, 6) is -0.710. The van der Waals surface area contributed by atoms with Gasteiger partial charge in [-0.1, -0.05) is 12.1 Å². The number of hydrogen-bond acceptors (Lipinski definition) is 5. The number of carbonyl (C=O) groups is 1. The summed E-state index contributed by atoms with van der Waals surface area (Å²) in [4.78, 5) is 10.8. The van der Waals surface area contributed by atoms with Gasteiger partial charge < -0.3 is 4.74 Å². The Morgan fingerprint density at radius 3 is 2.84 bits per heavy atom. The van der Waals surface area contributed by atoms with E-state index in [1.54, 1.807) is 18.2 Å². The third kappa shape index (κ3) is 5.50. The second-order valence-corrected chi connectivity index (χ2v) is 5.60. The number of nitrogens with zero attached hydrogens (tertiary/aromatic N) is 1. The first-order valence-electron chi connectivity index (χ1n) is 5.50. The van der Waals surface area contributed by atoms with Crippen molar-refractivity contribution in [1.82, 2.24) is 4.72 Å². The van der Waals surface area contributed by atoms with E-state index in [9.17, 15) is 13.2 Å². The highest BCUT2D eigenvalue weighted by Crippen LogP contribution is 2.07. The van der Waals surface area contributed by atoms with Gasteiger partial charge in [0.2, 0.25) is 10.0 Å². The van der Waals surface area contributed by atoms with Crippen LogP contribution in [0.1, 0.15) is 17.5 Å². The van der Waals surface area contributed by atoms with Gasteiger partial charge in [0.25, 0.3) is 0 Å². The minimum Gasteiger partial charge on any atom is -0.469 e. The van der Waals surface area contributed by atoms with Crippen molar-refractivity contribution in [3.63, 3.8) is 0 Å². The molecule has 0 aliphatic heterocycles. The fourth-order valence-corrected chi connectivity index (χ4v) is 2.55. The first kappa shape index (κ1) is 15.1. The number of hydrogen-bond donors (Lipinski definition) is 1. The lowest BCUT2D eigenvalue weighted by atomic mass is 10.2. The van der Waals surface area contributed by atoms with Crippen LogP contribution >= 0.6 is 0 Å². The van der Waals surface area contributed by atoms with Crippen molar-refractivity contribution < 1.29 is 17.9 Å². The summed E-state index contributed by atoms with van der Waals surface area (Å²) >= 11 is 0. The average Bonchev–Trinajstić information content (AvgIpc) is 2.37. The SMILES string of the molecule is COC(=O)CCNS(=O)(=O)Cc1cccc(C#N)c1. The Bertz CT molecular complexity index is 590. The molecule has 0 aliphatic rings. The van der Waals surface area contributed by atoms with E-state index in [0.717, 1.165) is 0 Å². The second-order valence-electron chi connectivity index (χ2n) is 3.79. The molecule has 0 bridgehead atoms. The Morgan fingerprint density at radius 1 is 1.47 bits per heavy atom. The molecule has 102 valence electrons. The third-order valence-electron chi connectivity index (χ3n) is 2.29. The first-order chi connectivity index (χ1) is 8.96. The molecular formula is C12H14N2O4S. The first-order valence-corrected chi connectivity index (χ1v) is 7.15. The molecule has 6 nitrogen and oxygen atoms in total. The molecule has 1 N–H and O–H groups in total. The van der Waals surface area contributed by atoms with Crippen molar-refractivity contribution in [3.05, 3.63) is 35.4 Å². The summed E-state index contributed by atoms with van der Waals surface area (Å²) in [6, 6.07) is 8.30. The molecule has 19 heavy (non-hydrogen) atoms. The monoisotopic (exact) mass is 282 g/mol. The summed E-state index contributed by atoms with van der Waals surface area (Å²) in [6.07, 6.45) is -0.0199. The molecule has 1 aromatic rings. The van der Waals surface area contributed by atoms with E-state index in [0.29, 0.717) is 11.1 Å². The molecule has 0 fully saturated rings. The number of nitriles is 1. The molecule has 0 atom stereocenters. The molecule has 0 saturated carbocycles. The van der Waals surface area contributed by atoms with E-state index < -0.39 is 16.0 Å². The molecular weight excluding hydrogens is 268 g/mol. The fourth-order valence-electron chi connectivity index (χ4n) is 1.41. The third-order valence-corrected chi connectivity index (χ3v) is 3.65. The molecule has 1 rings (SSSR count). The standard InChI is InChI=1S/C12H14N2O4S/c1-18-12(15)5-6-14-19(16,17)9-11-4-2-3-10(7-11)8-13/h2-4,7,14H,5-6,9H2,1H3. The van der Waals surface area contributed by atoms with Gasteiger partial charge in [-0.2, -0.15) is 5.26 Å². The topological polar surface area (TPSA) is 96.3 Å². The predicted molar refractivity (Wildman–Crippen MR) is 68.4 cm³/mol. The van der Waals surface area contributed by atoms with Crippen LogP contribution in [0.25, 0.3) is 0 Å². The molecule has 0 heterocycles. The number of sulfonamides is 1. The van der Waals surface area contributed by atoms with Gasteiger partial charge in [-0.3, -0.25) is 4.79 Å². The zero-order valence-electron chi connectivity index (χ0n) is 10.4. The summed E-state index contributed by atoms with van der Waals surface area (Å²) in [5, 5.41) is 8.72. The lowest BCUT2D eigenvalue weighted by Crippen LogP contribution is -2.27. The smallest absolute Gasteiger partial charge is 0.306 e. The normalized spacial score (nSPS) is 10.7. The molecule has 0 aliphatic carbocycles. The lowest BCUT2D eigenvalue weighted by Gasteiger charge is -2.06. The van der Waals surface area contributed by atoms with Crippen LogP contribution in [0.2, 0.25) is 0 Å². The van der Waals surface area contributed by atoms with Crippen LogP contribution in [-0.4, -0.2) is 28.0 Å². The van der Waals surface area contributed by atoms with Gasteiger partial charge in [-0.05, 0) is 17.7 Å². The molecule has 0 aromatic heterocycles. The van der Waals surface area contributed by atoms with Crippen molar-refractivity contribution in [2.75, 3.05) is 13.7 Å². The largest absolute Gasteiger partial charge is 0.469 e. The predicted octanol–water partition coefficient (Wildman–Crippen LogP) is 0.541. The van der Waals surface area contributed by atoms with E-state index in [1.807, 2.05) is 6.07 Å². The zero-order chi connectivity index (χ0) is 14.3. The summed E-state index contributed by atoms with van der Waals surface area (Å²) in [7, 11) is -2.29. The van der Waals surface area contributed by atoms with Gasteiger partial charge >= 0.3 is 5.97 Å². The maximum absolute atomic E-state index is 11.7. The number of benzene rings is 1. The minimum atomic E-state index is -3.53. The fraction of sp³-hybridized carbons (Fsp3) is 0.333. The van der Waals surface area contributed by atoms with Crippen LogP contribution in [0.15, 0.2) is 24.3 Å². The number of methoxy groups -OCH3 is 1. The van der Waals surface area contributed by atoms with Crippen molar-refractivity contribution >= 4 is 16.0 Å². The van der Waals surface area contributed by atoms with E-state index in [1.165, 1.54) is 13.2 Å². The molecule has 0 spiro atoms. The van der Waals surface area contributed by atoms with Gasteiger partial charge in [0.15, 0.2) is 0 Å². The Balaban J connectivity index is 2.59. The molecule has 1 aromatic carbocycles. The maximum atomic E-state index is 11.7. The summed E-state index contributed by atoms with van der Waals surface area (Å²) in [6.45, 7) is -0.00700. The highest BCUT2D eigenvalue weighted by atomic mass is 32.2. The van der Waals surface area contributed by atoms with Crippen LogP contribution in [0.3, 0.4) is 0 Å². The number of ether oxygens (including phenoxy) is 1. The van der Waals surface area contributed by atoms with Gasteiger partial charge in [0.05, 0.1) is 30.9 Å². The quantitative estimate of drug-likeness (QED) is 0.768. The maximum Gasteiger partial charge on any atom is 0.306 e. The van der Waals surface area contributed by atoms with Crippen LogP contribution in [0.5, 0.6) is 0 Å². The number of carbonyl (C=O) groups excluding carboxylic acids is 1. The van der Waals surface area contributed by atoms with E-state index in [4.69, 9.17) is 5.26 Å². The van der Waals surface area contributed by atoms with Crippen LogP contribution in [0, 0.1) is 11.3 Å². The minimum absolute atomic E-state index is 0.00700. The highest BCUT2D eigenvalue weighted by molar-refractivity contribution is 7.88. The van der Waals surface area contributed by atoms with Crippen molar-refractivity contribution in [3.8, 4) is 6.07 Å².